The summed E-state index contributed by atoms with van der Waals surface area (Å²) < 4.78 is 0. The lowest BCUT2D eigenvalue weighted by molar-refractivity contribution is -0.129. The van der Waals surface area contributed by atoms with Crippen molar-refractivity contribution in [1.82, 2.24) is 0 Å². The predicted molar refractivity (Wildman–Crippen MR) is 122 cm³/mol. The van der Waals surface area contributed by atoms with Crippen molar-refractivity contribution in [3.63, 3.8) is 0 Å². The fraction of sp³-hybridized carbons (Fsp3) is 1.00. The van der Waals surface area contributed by atoms with Gasteiger partial charge in [-0.25, -0.2) is 0 Å². The third kappa shape index (κ3) is 3.27. The first kappa shape index (κ1) is 20.8. The van der Waals surface area contributed by atoms with Crippen LogP contribution < -0.4 is 0 Å². The van der Waals surface area contributed by atoms with E-state index in [0.717, 1.165) is 54.3 Å². The molecule has 0 aliphatic heterocycles. The van der Waals surface area contributed by atoms with Gasteiger partial charge in [0.1, 0.15) is 0 Å². The van der Waals surface area contributed by atoms with Gasteiger partial charge < -0.3 is 5.11 Å². The Morgan fingerprint density at radius 2 is 1.55 bits per heavy atom. The molecule has 0 aromatic carbocycles. The zero-order valence-corrected chi connectivity index (χ0v) is 20.1. The van der Waals surface area contributed by atoms with E-state index in [2.05, 4.69) is 34.6 Å². The van der Waals surface area contributed by atoms with Crippen LogP contribution in [0.3, 0.4) is 0 Å². The minimum absolute atomic E-state index is 0.00774. The summed E-state index contributed by atoms with van der Waals surface area (Å²) in [5.74, 6) is 6.66. The van der Waals surface area contributed by atoms with Gasteiger partial charge in [0.15, 0.2) is 0 Å². The van der Waals surface area contributed by atoms with Gasteiger partial charge in [0.2, 0.25) is 0 Å². The molecule has 166 valence electrons. The normalized spacial score (nSPS) is 54.2. The van der Waals surface area contributed by atoms with Crippen LogP contribution in [0.5, 0.6) is 0 Å². The molecule has 5 aliphatic carbocycles. The Hall–Kier alpha value is -0.0400. The molecule has 1 heteroatoms. The van der Waals surface area contributed by atoms with Crippen molar-refractivity contribution in [2.24, 2.45) is 57.7 Å². The van der Waals surface area contributed by atoms with Crippen LogP contribution >= 0.6 is 0 Å². The summed E-state index contributed by atoms with van der Waals surface area (Å²) in [5, 5.41) is 10.3. The Balaban J connectivity index is 1.28. The molecule has 1 nitrogen and oxygen atoms in total. The highest BCUT2D eigenvalue weighted by atomic mass is 16.3. The van der Waals surface area contributed by atoms with Crippen molar-refractivity contribution in [2.75, 3.05) is 0 Å². The second-order valence-electron chi connectivity index (χ2n) is 13.8. The van der Waals surface area contributed by atoms with Gasteiger partial charge >= 0.3 is 0 Å². The second-order valence-corrected chi connectivity index (χ2v) is 13.8. The number of fused-ring (bicyclic) bond motifs is 5. The summed E-state index contributed by atoms with van der Waals surface area (Å²) in [6.45, 7) is 12.9. The third-order valence-electron chi connectivity index (χ3n) is 12.1. The molecule has 5 saturated carbocycles. The van der Waals surface area contributed by atoms with Gasteiger partial charge in [-0.3, -0.25) is 0 Å². The monoisotopic (exact) mass is 400 g/mol. The Bertz CT molecular complexity index is 624. The maximum absolute atomic E-state index is 10.3. The van der Waals surface area contributed by atoms with E-state index in [4.69, 9.17) is 0 Å². The Morgan fingerprint density at radius 3 is 2.28 bits per heavy atom. The van der Waals surface area contributed by atoms with Crippen LogP contribution in [-0.2, 0) is 0 Å². The lowest BCUT2D eigenvalue weighted by atomic mass is 9.44. The quantitative estimate of drug-likeness (QED) is 0.519. The first-order chi connectivity index (χ1) is 13.6. The van der Waals surface area contributed by atoms with Crippen LogP contribution in [0, 0.1) is 57.7 Å². The summed E-state index contributed by atoms with van der Waals surface area (Å²) in [6.07, 6.45) is 16.8. The highest BCUT2D eigenvalue weighted by molar-refractivity contribution is 5.10. The molecule has 0 amide bonds. The van der Waals surface area contributed by atoms with E-state index in [1.165, 1.54) is 64.2 Å². The number of aliphatic hydroxyl groups excluding tert-OH is 1. The van der Waals surface area contributed by atoms with E-state index in [1.807, 2.05) is 0 Å². The highest BCUT2D eigenvalue weighted by Crippen LogP contribution is 2.68. The van der Waals surface area contributed by atoms with Crippen LogP contribution in [-0.4, -0.2) is 11.2 Å². The molecule has 10 atom stereocenters. The van der Waals surface area contributed by atoms with Gasteiger partial charge in [0.05, 0.1) is 6.10 Å². The molecule has 0 spiro atoms. The smallest absolute Gasteiger partial charge is 0.0543 e. The van der Waals surface area contributed by atoms with Crippen molar-refractivity contribution in [3.8, 4) is 0 Å². The zero-order valence-electron chi connectivity index (χ0n) is 20.1. The number of aliphatic hydroxyl groups is 1. The average Bonchev–Trinajstić information content (AvgIpc) is 3.11. The van der Waals surface area contributed by atoms with Crippen LogP contribution in [0.15, 0.2) is 0 Å². The third-order valence-corrected chi connectivity index (χ3v) is 12.1. The largest absolute Gasteiger partial charge is 0.393 e. The molecule has 5 fully saturated rings. The maximum Gasteiger partial charge on any atom is 0.0543 e. The van der Waals surface area contributed by atoms with Gasteiger partial charge in [-0.15, -0.1) is 0 Å². The van der Waals surface area contributed by atoms with E-state index < -0.39 is 0 Å². The second kappa shape index (κ2) is 6.98. The molecule has 0 aromatic heterocycles. The maximum atomic E-state index is 10.3. The molecule has 5 aliphatic rings. The molecule has 10 unspecified atom stereocenters. The minimum atomic E-state index is -0.00774. The van der Waals surface area contributed by atoms with Gasteiger partial charge in [-0.05, 0) is 128 Å². The SMILES string of the molecule is CC(CCC1CC1(C)C)C1CCC2C3CCC4CC(O)CCC4(C)C3CCC12C. The summed E-state index contributed by atoms with van der Waals surface area (Å²) >= 11 is 0. The van der Waals surface area contributed by atoms with E-state index in [9.17, 15) is 5.11 Å². The topological polar surface area (TPSA) is 20.2 Å². The van der Waals surface area contributed by atoms with E-state index in [-0.39, 0.29) is 6.10 Å². The fourth-order valence-corrected chi connectivity index (χ4v) is 9.94. The van der Waals surface area contributed by atoms with Crippen molar-refractivity contribution in [3.05, 3.63) is 0 Å². The first-order valence-electron chi connectivity index (χ1n) is 13.3. The van der Waals surface area contributed by atoms with Crippen LogP contribution in [0.25, 0.3) is 0 Å². The summed E-state index contributed by atoms with van der Waals surface area (Å²) in [7, 11) is 0. The zero-order chi connectivity index (χ0) is 20.6. The van der Waals surface area contributed by atoms with Gasteiger partial charge in [0, 0.05) is 0 Å². The molecule has 0 aromatic rings. The predicted octanol–water partition coefficient (Wildman–Crippen LogP) is 7.47. The lowest BCUT2D eigenvalue weighted by Gasteiger charge is -2.61. The van der Waals surface area contributed by atoms with Crippen LogP contribution in [0.4, 0.5) is 0 Å². The fourth-order valence-electron chi connectivity index (χ4n) is 9.94. The Labute approximate surface area is 180 Å². The molecule has 0 heterocycles. The van der Waals surface area contributed by atoms with Gasteiger partial charge in [0.25, 0.3) is 0 Å². The van der Waals surface area contributed by atoms with E-state index in [0.29, 0.717) is 16.2 Å². The first-order valence-corrected chi connectivity index (χ1v) is 13.3. The number of hydrogen-bond donors (Lipinski definition) is 1. The molecule has 5 rings (SSSR count). The number of rotatable bonds is 4. The van der Waals surface area contributed by atoms with E-state index >= 15 is 0 Å². The Morgan fingerprint density at radius 1 is 0.862 bits per heavy atom. The van der Waals surface area contributed by atoms with Crippen molar-refractivity contribution in [2.45, 2.75) is 118 Å². The Kier molecular flexibility index (Phi) is 5.02. The van der Waals surface area contributed by atoms with Gasteiger partial charge in [-0.1, -0.05) is 41.0 Å². The molecule has 0 saturated heterocycles. The summed E-state index contributed by atoms with van der Waals surface area (Å²) in [6, 6.07) is 0. The summed E-state index contributed by atoms with van der Waals surface area (Å²) in [5.41, 5.74) is 1.81. The molecule has 29 heavy (non-hydrogen) atoms. The minimum Gasteiger partial charge on any atom is -0.393 e. The van der Waals surface area contributed by atoms with Crippen LogP contribution in [0.1, 0.15) is 112 Å². The molecular formula is C28H48O. The van der Waals surface area contributed by atoms with E-state index in [1.54, 1.807) is 0 Å². The standard InChI is InChI=1S/C28H48O/c1-18(6-7-20-17-26(20,2)3)23-10-11-24-22-9-8-19-16-21(29)12-14-27(19,4)25(22)13-15-28(23,24)5/h18-25,29H,6-17H2,1-5H3. The molecule has 0 bridgehead atoms. The number of hydrogen-bond acceptors (Lipinski definition) is 1. The molecular weight excluding hydrogens is 352 g/mol. The van der Waals surface area contributed by atoms with Crippen molar-refractivity contribution < 1.29 is 5.11 Å². The molecule has 1 N–H and O–H groups in total. The van der Waals surface area contributed by atoms with Crippen molar-refractivity contribution in [1.29, 1.82) is 0 Å². The molecule has 0 radical (unpaired) electrons. The average molecular weight is 401 g/mol. The van der Waals surface area contributed by atoms with Crippen LogP contribution in [0.2, 0.25) is 0 Å². The highest BCUT2D eigenvalue weighted by Gasteiger charge is 2.60. The summed E-state index contributed by atoms with van der Waals surface area (Å²) in [4.78, 5) is 0. The van der Waals surface area contributed by atoms with Gasteiger partial charge in [-0.2, -0.15) is 0 Å². The van der Waals surface area contributed by atoms with Crippen molar-refractivity contribution >= 4 is 0 Å². The lowest BCUT2D eigenvalue weighted by Crippen LogP contribution is -2.54.